The topological polar surface area (TPSA) is 75.7 Å². The predicted octanol–water partition coefficient (Wildman–Crippen LogP) is 3.44. The van der Waals surface area contributed by atoms with Crippen molar-refractivity contribution in [2.75, 3.05) is 12.8 Å². The zero-order valence-corrected chi connectivity index (χ0v) is 14.0. The van der Waals surface area contributed by atoms with Crippen molar-refractivity contribution in [2.45, 2.75) is 12.2 Å². The second-order valence-electron chi connectivity index (χ2n) is 5.85. The first-order valence-corrected chi connectivity index (χ1v) is 8.05. The number of nitrogen functional groups attached to an aromatic ring is 1. The molecule has 4 N–H and O–H groups in total. The van der Waals surface area contributed by atoms with Crippen molar-refractivity contribution in [1.82, 2.24) is 0 Å². The Labute approximate surface area is 147 Å². The van der Waals surface area contributed by atoms with Crippen molar-refractivity contribution in [3.8, 4) is 5.75 Å². The number of aliphatic hydroxyl groups is 2. The van der Waals surface area contributed by atoms with Crippen LogP contribution in [0.2, 0.25) is 0 Å². The van der Waals surface area contributed by atoms with Gasteiger partial charge >= 0.3 is 0 Å². The summed E-state index contributed by atoms with van der Waals surface area (Å²) in [6.45, 7) is 0. The van der Waals surface area contributed by atoms with Gasteiger partial charge in [0, 0.05) is 5.56 Å². The van der Waals surface area contributed by atoms with E-state index >= 15 is 0 Å². The van der Waals surface area contributed by atoms with Gasteiger partial charge < -0.3 is 20.7 Å². The zero-order valence-electron chi connectivity index (χ0n) is 14.0. The third-order valence-electron chi connectivity index (χ3n) is 4.26. The van der Waals surface area contributed by atoms with Crippen LogP contribution in [0.25, 0.3) is 0 Å². The molecule has 128 valence electrons. The van der Waals surface area contributed by atoms with Gasteiger partial charge in [0.15, 0.2) is 0 Å². The summed E-state index contributed by atoms with van der Waals surface area (Å²) in [6.07, 6.45) is -1.74. The lowest BCUT2D eigenvalue weighted by Gasteiger charge is -2.20. The molecule has 0 aliphatic carbocycles. The van der Waals surface area contributed by atoms with Gasteiger partial charge in [0.2, 0.25) is 0 Å². The minimum Gasteiger partial charge on any atom is -0.495 e. The maximum absolute atomic E-state index is 10.8. The van der Waals surface area contributed by atoms with Crippen LogP contribution in [0.1, 0.15) is 34.5 Å². The molecule has 25 heavy (non-hydrogen) atoms. The lowest BCUT2D eigenvalue weighted by Crippen LogP contribution is -2.09. The SMILES string of the molecule is COc1cc(C(O)c2ccccc2)cc(C(O)c2ccccc2)c1N. The van der Waals surface area contributed by atoms with Crippen LogP contribution < -0.4 is 10.5 Å². The average Bonchev–Trinajstić information content (AvgIpc) is 2.68. The van der Waals surface area contributed by atoms with Gasteiger partial charge in [0.25, 0.3) is 0 Å². The molecule has 4 heteroatoms. The van der Waals surface area contributed by atoms with Crippen LogP contribution in [0.3, 0.4) is 0 Å². The van der Waals surface area contributed by atoms with Gasteiger partial charge in [-0.1, -0.05) is 60.7 Å². The van der Waals surface area contributed by atoms with E-state index in [0.717, 1.165) is 11.1 Å². The molecule has 2 atom stereocenters. The van der Waals surface area contributed by atoms with E-state index < -0.39 is 12.2 Å². The van der Waals surface area contributed by atoms with Gasteiger partial charge in [-0.15, -0.1) is 0 Å². The number of benzene rings is 3. The smallest absolute Gasteiger partial charge is 0.142 e. The number of methoxy groups -OCH3 is 1. The fraction of sp³-hybridized carbons (Fsp3) is 0.143. The van der Waals surface area contributed by atoms with E-state index in [2.05, 4.69) is 0 Å². The second kappa shape index (κ2) is 7.38. The summed E-state index contributed by atoms with van der Waals surface area (Å²) in [7, 11) is 1.52. The lowest BCUT2D eigenvalue weighted by molar-refractivity contribution is 0.213. The number of rotatable bonds is 5. The maximum atomic E-state index is 10.8. The van der Waals surface area contributed by atoms with Crippen LogP contribution in [0, 0.1) is 0 Å². The summed E-state index contributed by atoms with van der Waals surface area (Å²) >= 11 is 0. The first-order chi connectivity index (χ1) is 12.1. The monoisotopic (exact) mass is 335 g/mol. The van der Waals surface area contributed by atoms with E-state index in [1.807, 2.05) is 60.7 Å². The molecule has 0 amide bonds. The summed E-state index contributed by atoms with van der Waals surface area (Å²) in [5.74, 6) is 0.428. The summed E-state index contributed by atoms with van der Waals surface area (Å²) in [4.78, 5) is 0. The van der Waals surface area contributed by atoms with E-state index in [9.17, 15) is 10.2 Å². The Morgan fingerprint density at radius 3 is 1.80 bits per heavy atom. The van der Waals surface area contributed by atoms with Crippen molar-refractivity contribution in [3.63, 3.8) is 0 Å². The fourth-order valence-corrected chi connectivity index (χ4v) is 2.87. The molecule has 0 saturated carbocycles. The largest absolute Gasteiger partial charge is 0.495 e. The van der Waals surface area contributed by atoms with Crippen LogP contribution in [-0.4, -0.2) is 17.3 Å². The van der Waals surface area contributed by atoms with E-state index in [-0.39, 0.29) is 0 Å². The Morgan fingerprint density at radius 2 is 1.28 bits per heavy atom. The molecule has 0 saturated heterocycles. The van der Waals surface area contributed by atoms with Gasteiger partial charge in [-0.3, -0.25) is 0 Å². The molecule has 0 fully saturated rings. The van der Waals surface area contributed by atoms with Gasteiger partial charge in [-0.2, -0.15) is 0 Å². The highest BCUT2D eigenvalue weighted by molar-refractivity contribution is 5.63. The molecule has 3 aromatic carbocycles. The Kier molecular flexibility index (Phi) is 5.03. The molecule has 4 nitrogen and oxygen atoms in total. The third-order valence-corrected chi connectivity index (χ3v) is 4.26. The summed E-state index contributed by atoms with van der Waals surface area (Å²) in [5, 5.41) is 21.5. The molecule has 0 aromatic heterocycles. The predicted molar refractivity (Wildman–Crippen MR) is 98.4 cm³/mol. The summed E-state index contributed by atoms with van der Waals surface area (Å²) in [5.41, 5.74) is 9.14. The quantitative estimate of drug-likeness (QED) is 0.624. The van der Waals surface area contributed by atoms with E-state index in [1.165, 1.54) is 7.11 Å². The van der Waals surface area contributed by atoms with E-state index in [1.54, 1.807) is 12.1 Å². The van der Waals surface area contributed by atoms with Gasteiger partial charge in [-0.05, 0) is 28.8 Å². The summed E-state index contributed by atoms with van der Waals surface area (Å²) < 4.78 is 5.35. The standard InChI is InChI=1S/C21H21NO3/c1-25-18-13-16(20(23)14-8-4-2-5-9-14)12-17(19(18)22)21(24)15-10-6-3-7-11-15/h2-13,20-21,23-24H,22H2,1H3. The first-order valence-electron chi connectivity index (χ1n) is 8.05. The van der Waals surface area contributed by atoms with Gasteiger partial charge in [-0.25, -0.2) is 0 Å². The molecular formula is C21H21NO3. The Hall–Kier alpha value is -2.82. The maximum Gasteiger partial charge on any atom is 0.142 e. The first kappa shape index (κ1) is 17.0. The van der Waals surface area contributed by atoms with Crippen LogP contribution in [0.5, 0.6) is 5.75 Å². The third kappa shape index (κ3) is 3.50. The molecule has 2 unspecified atom stereocenters. The number of aliphatic hydroxyl groups excluding tert-OH is 2. The van der Waals surface area contributed by atoms with Crippen molar-refractivity contribution < 1.29 is 14.9 Å². The van der Waals surface area contributed by atoms with Crippen LogP contribution in [0.15, 0.2) is 72.8 Å². The average molecular weight is 335 g/mol. The number of nitrogens with two attached hydrogens (primary N) is 1. The molecule has 3 aromatic rings. The number of hydrogen-bond acceptors (Lipinski definition) is 4. The molecule has 0 aliphatic heterocycles. The zero-order chi connectivity index (χ0) is 17.8. The normalized spacial score (nSPS) is 13.2. The Balaban J connectivity index is 2.07. The lowest BCUT2D eigenvalue weighted by atomic mass is 9.94. The molecular weight excluding hydrogens is 314 g/mol. The van der Waals surface area contributed by atoms with Crippen molar-refractivity contribution in [3.05, 3.63) is 95.1 Å². The summed E-state index contributed by atoms with van der Waals surface area (Å²) in [6, 6.07) is 22.0. The number of ether oxygens (including phenoxy) is 1. The van der Waals surface area contributed by atoms with Crippen LogP contribution >= 0.6 is 0 Å². The van der Waals surface area contributed by atoms with Gasteiger partial charge in [0.1, 0.15) is 18.0 Å². The Bertz CT molecular complexity index is 835. The minimum absolute atomic E-state index is 0.364. The second-order valence-corrected chi connectivity index (χ2v) is 5.85. The van der Waals surface area contributed by atoms with Crippen molar-refractivity contribution in [2.24, 2.45) is 0 Å². The highest BCUT2D eigenvalue weighted by Crippen LogP contribution is 2.37. The molecule has 0 aliphatic rings. The van der Waals surface area contributed by atoms with Crippen LogP contribution in [-0.2, 0) is 0 Å². The molecule has 0 heterocycles. The minimum atomic E-state index is -0.905. The van der Waals surface area contributed by atoms with Crippen LogP contribution in [0.4, 0.5) is 5.69 Å². The highest BCUT2D eigenvalue weighted by atomic mass is 16.5. The highest BCUT2D eigenvalue weighted by Gasteiger charge is 2.20. The van der Waals surface area contributed by atoms with E-state index in [0.29, 0.717) is 22.6 Å². The molecule has 0 bridgehead atoms. The number of hydrogen-bond donors (Lipinski definition) is 3. The molecule has 0 spiro atoms. The molecule has 0 radical (unpaired) electrons. The van der Waals surface area contributed by atoms with Gasteiger partial charge in [0.05, 0.1) is 12.8 Å². The van der Waals surface area contributed by atoms with E-state index in [4.69, 9.17) is 10.5 Å². The van der Waals surface area contributed by atoms with Crippen molar-refractivity contribution >= 4 is 5.69 Å². The molecule has 3 rings (SSSR count). The number of anilines is 1. The Morgan fingerprint density at radius 1 is 0.760 bits per heavy atom. The van der Waals surface area contributed by atoms with Crippen molar-refractivity contribution in [1.29, 1.82) is 0 Å². The fourth-order valence-electron chi connectivity index (χ4n) is 2.87.